The third-order valence-electron chi connectivity index (χ3n) is 1.09. The zero-order valence-electron chi connectivity index (χ0n) is 4.67. The molecule has 0 spiro atoms. The minimum Gasteiger partial charge on any atom is -0.307 e. The highest BCUT2D eigenvalue weighted by Gasteiger charge is 2.09. The van der Waals surface area contributed by atoms with Gasteiger partial charge in [0.15, 0.2) is 0 Å². The Kier molecular flexibility index (Phi) is 1.19. The molecule has 0 aromatic heterocycles. The van der Waals surface area contributed by atoms with Crippen molar-refractivity contribution in [2.75, 3.05) is 0 Å². The van der Waals surface area contributed by atoms with E-state index in [4.69, 9.17) is 11.5 Å². The van der Waals surface area contributed by atoms with E-state index >= 15 is 0 Å². The number of rotatable bonds is 0. The molecule has 0 aromatic rings. The zero-order valence-corrected chi connectivity index (χ0v) is 4.67. The Morgan fingerprint density at radius 3 is 1.88 bits per heavy atom. The lowest BCUT2D eigenvalue weighted by atomic mass is 10.1. The minimum absolute atomic E-state index is 0.682. The highest BCUT2D eigenvalue weighted by Crippen LogP contribution is 2.04. The van der Waals surface area contributed by atoms with Gasteiger partial charge < -0.3 is 11.5 Å². The van der Waals surface area contributed by atoms with Crippen LogP contribution in [0.1, 0.15) is 6.42 Å². The first-order chi connectivity index (χ1) is 3.71. The zero-order chi connectivity index (χ0) is 6.04. The van der Waals surface area contributed by atoms with Crippen molar-refractivity contribution < 1.29 is 0 Å². The van der Waals surface area contributed by atoms with Gasteiger partial charge in [0, 0.05) is 0 Å². The molecule has 44 valence electrons. The summed E-state index contributed by atoms with van der Waals surface area (Å²) >= 11 is 0. The molecule has 0 saturated heterocycles. The first kappa shape index (κ1) is 5.54. The van der Waals surface area contributed by atoms with E-state index in [0.29, 0.717) is 0 Å². The van der Waals surface area contributed by atoms with E-state index in [2.05, 4.69) is 0 Å². The highest BCUT2D eigenvalue weighted by atomic mass is 14.9. The van der Waals surface area contributed by atoms with Crippen LogP contribution >= 0.6 is 0 Å². The van der Waals surface area contributed by atoms with Gasteiger partial charge in [0.2, 0.25) is 0 Å². The minimum atomic E-state index is -0.682. The Bertz CT molecular complexity index is 119. The van der Waals surface area contributed by atoms with Crippen LogP contribution in [-0.4, -0.2) is 5.66 Å². The molecule has 1 aliphatic carbocycles. The van der Waals surface area contributed by atoms with Crippen molar-refractivity contribution in [2.24, 2.45) is 11.5 Å². The first-order valence-electron chi connectivity index (χ1n) is 2.64. The van der Waals surface area contributed by atoms with Gasteiger partial charge in [-0.3, -0.25) is 0 Å². The molecule has 0 aromatic carbocycles. The van der Waals surface area contributed by atoms with Crippen molar-refractivity contribution in [3.8, 4) is 0 Å². The van der Waals surface area contributed by atoms with Crippen LogP contribution in [0.3, 0.4) is 0 Å². The Hall–Kier alpha value is -0.600. The molecule has 1 aliphatic rings. The van der Waals surface area contributed by atoms with E-state index in [0.717, 1.165) is 6.42 Å². The van der Waals surface area contributed by atoms with Crippen molar-refractivity contribution in [1.29, 1.82) is 0 Å². The summed E-state index contributed by atoms with van der Waals surface area (Å²) in [4.78, 5) is 0. The maximum Gasteiger partial charge on any atom is 0.102 e. The molecule has 2 nitrogen and oxygen atoms in total. The summed E-state index contributed by atoms with van der Waals surface area (Å²) < 4.78 is 0. The standard InChI is InChI=1S/C6H10N2/c7-6(8)4-2-1-3-5-6/h2-5H,1,7-8H2. The maximum absolute atomic E-state index is 5.48. The Morgan fingerprint density at radius 2 is 1.62 bits per heavy atom. The van der Waals surface area contributed by atoms with E-state index in [1.807, 2.05) is 12.2 Å². The molecule has 0 amide bonds. The SMILES string of the molecule is NC1(N)C=CCC=C1. The molecule has 0 radical (unpaired) electrons. The van der Waals surface area contributed by atoms with Crippen LogP contribution in [0.4, 0.5) is 0 Å². The second-order valence-corrected chi connectivity index (χ2v) is 2.04. The van der Waals surface area contributed by atoms with E-state index in [9.17, 15) is 0 Å². The van der Waals surface area contributed by atoms with Crippen LogP contribution in [0.5, 0.6) is 0 Å². The van der Waals surface area contributed by atoms with Crippen LogP contribution in [0, 0.1) is 0 Å². The first-order valence-corrected chi connectivity index (χ1v) is 2.64. The smallest absolute Gasteiger partial charge is 0.102 e. The van der Waals surface area contributed by atoms with E-state index in [1.54, 1.807) is 12.2 Å². The number of allylic oxidation sites excluding steroid dienone is 2. The van der Waals surface area contributed by atoms with Crippen LogP contribution in [0.15, 0.2) is 24.3 Å². The molecule has 0 unspecified atom stereocenters. The Labute approximate surface area is 48.9 Å². The van der Waals surface area contributed by atoms with Gasteiger partial charge in [-0.05, 0) is 6.42 Å². The van der Waals surface area contributed by atoms with E-state index in [1.165, 1.54) is 0 Å². The molecule has 0 bridgehead atoms. The molecule has 0 fully saturated rings. The second-order valence-electron chi connectivity index (χ2n) is 2.04. The lowest BCUT2D eigenvalue weighted by molar-refractivity contribution is 0.682. The lowest BCUT2D eigenvalue weighted by Crippen LogP contribution is -2.45. The Balaban J connectivity index is 2.69. The fraction of sp³-hybridized carbons (Fsp3) is 0.333. The van der Waals surface area contributed by atoms with E-state index in [-0.39, 0.29) is 0 Å². The average molecular weight is 110 g/mol. The Morgan fingerprint density at radius 1 is 1.12 bits per heavy atom. The van der Waals surface area contributed by atoms with Crippen molar-refractivity contribution >= 4 is 0 Å². The average Bonchev–Trinajstić information content (AvgIpc) is 1.65. The molecule has 0 saturated carbocycles. The molecular weight excluding hydrogens is 100 g/mol. The molecule has 8 heavy (non-hydrogen) atoms. The summed E-state index contributed by atoms with van der Waals surface area (Å²) in [7, 11) is 0. The molecule has 0 heterocycles. The number of nitrogens with two attached hydrogens (primary N) is 2. The second kappa shape index (κ2) is 1.73. The summed E-state index contributed by atoms with van der Waals surface area (Å²) in [6.07, 6.45) is 8.47. The van der Waals surface area contributed by atoms with E-state index < -0.39 is 5.66 Å². The molecular formula is C6H10N2. The largest absolute Gasteiger partial charge is 0.307 e. The van der Waals surface area contributed by atoms with Gasteiger partial charge in [-0.1, -0.05) is 24.3 Å². The van der Waals surface area contributed by atoms with Crippen LogP contribution in [-0.2, 0) is 0 Å². The molecule has 0 aliphatic heterocycles. The van der Waals surface area contributed by atoms with Gasteiger partial charge in [0.25, 0.3) is 0 Å². The van der Waals surface area contributed by atoms with Gasteiger partial charge in [0.05, 0.1) is 0 Å². The normalized spacial score (nSPS) is 23.8. The summed E-state index contributed by atoms with van der Waals surface area (Å²) in [5.41, 5.74) is 10.3. The van der Waals surface area contributed by atoms with Gasteiger partial charge >= 0.3 is 0 Å². The van der Waals surface area contributed by atoms with Gasteiger partial charge in [0.1, 0.15) is 5.66 Å². The third-order valence-corrected chi connectivity index (χ3v) is 1.09. The monoisotopic (exact) mass is 110 g/mol. The lowest BCUT2D eigenvalue weighted by Gasteiger charge is -2.16. The number of hydrogen-bond acceptors (Lipinski definition) is 2. The fourth-order valence-electron chi connectivity index (χ4n) is 0.678. The van der Waals surface area contributed by atoms with Gasteiger partial charge in [-0.15, -0.1) is 0 Å². The van der Waals surface area contributed by atoms with Crippen molar-refractivity contribution in [2.45, 2.75) is 12.1 Å². The quantitative estimate of drug-likeness (QED) is 0.343. The molecule has 1 rings (SSSR count). The molecule has 2 heteroatoms. The van der Waals surface area contributed by atoms with Crippen LogP contribution in [0.25, 0.3) is 0 Å². The van der Waals surface area contributed by atoms with Crippen molar-refractivity contribution in [3.05, 3.63) is 24.3 Å². The van der Waals surface area contributed by atoms with Gasteiger partial charge in [-0.25, -0.2) is 0 Å². The summed E-state index contributed by atoms with van der Waals surface area (Å²) in [6.45, 7) is 0. The topological polar surface area (TPSA) is 52.0 Å². The molecule has 4 N–H and O–H groups in total. The van der Waals surface area contributed by atoms with Crippen LogP contribution in [0.2, 0.25) is 0 Å². The third kappa shape index (κ3) is 1.18. The predicted molar refractivity (Wildman–Crippen MR) is 34.0 cm³/mol. The fourth-order valence-corrected chi connectivity index (χ4v) is 0.678. The molecule has 0 atom stereocenters. The summed E-state index contributed by atoms with van der Waals surface area (Å²) in [6, 6.07) is 0. The van der Waals surface area contributed by atoms with Gasteiger partial charge in [-0.2, -0.15) is 0 Å². The van der Waals surface area contributed by atoms with Crippen molar-refractivity contribution in [3.63, 3.8) is 0 Å². The van der Waals surface area contributed by atoms with Crippen LogP contribution < -0.4 is 11.5 Å². The number of hydrogen-bond donors (Lipinski definition) is 2. The predicted octanol–water partition coefficient (Wildman–Crippen LogP) is 0.116. The maximum atomic E-state index is 5.48. The summed E-state index contributed by atoms with van der Waals surface area (Å²) in [5.74, 6) is 0. The van der Waals surface area contributed by atoms with Crippen molar-refractivity contribution in [1.82, 2.24) is 0 Å². The summed E-state index contributed by atoms with van der Waals surface area (Å²) in [5, 5.41) is 0. The highest BCUT2D eigenvalue weighted by molar-refractivity contribution is 5.19.